The van der Waals surface area contributed by atoms with Crippen molar-refractivity contribution in [3.05, 3.63) is 35.9 Å². The van der Waals surface area contributed by atoms with Crippen LogP contribution in [0, 0.1) is 0 Å². The van der Waals surface area contributed by atoms with Gasteiger partial charge < -0.3 is 20.1 Å². The Morgan fingerprint density at radius 1 is 1.14 bits per heavy atom. The van der Waals surface area contributed by atoms with Crippen molar-refractivity contribution in [2.45, 2.75) is 18.9 Å². The smallest absolute Gasteiger partial charge is 0.224 e. The molecule has 1 aromatic carbocycles. The van der Waals surface area contributed by atoms with Crippen molar-refractivity contribution in [1.29, 1.82) is 0 Å². The van der Waals surface area contributed by atoms with E-state index < -0.39 is 0 Å². The fourth-order valence-corrected chi connectivity index (χ4v) is 2.10. The van der Waals surface area contributed by atoms with Crippen molar-refractivity contribution < 1.29 is 14.3 Å². The van der Waals surface area contributed by atoms with Crippen molar-refractivity contribution in [1.82, 2.24) is 4.90 Å². The molecule has 0 heterocycles. The number of methoxy groups -OCH3 is 2. The molecule has 1 atom stereocenters. The van der Waals surface area contributed by atoms with E-state index in [-0.39, 0.29) is 24.4 Å². The minimum absolute atomic E-state index is 0. The number of halogens is 1. The van der Waals surface area contributed by atoms with Crippen molar-refractivity contribution in [3.63, 3.8) is 0 Å². The maximum absolute atomic E-state index is 12.4. The lowest BCUT2D eigenvalue weighted by molar-refractivity contribution is -0.132. The molecule has 1 unspecified atom stereocenters. The summed E-state index contributed by atoms with van der Waals surface area (Å²) in [6.07, 6.45) is 1.12. The molecule has 0 bridgehead atoms. The number of benzene rings is 1. The average molecular weight is 331 g/mol. The van der Waals surface area contributed by atoms with Crippen molar-refractivity contribution in [2.75, 3.05) is 40.5 Å². The summed E-state index contributed by atoms with van der Waals surface area (Å²) >= 11 is 0. The van der Waals surface area contributed by atoms with Crippen molar-refractivity contribution >= 4 is 18.3 Å². The predicted octanol–water partition coefficient (Wildman–Crippen LogP) is 2.01. The molecule has 1 amide bonds. The van der Waals surface area contributed by atoms with Crippen LogP contribution in [0.2, 0.25) is 0 Å². The van der Waals surface area contributed by atoms with Crippen LogP contribution in [0.5, 0.6) is 0 Å². The monoisotopic (exact) mass is 330 g/mol. The standard InChI is InChI=1S/C16H26N2O3.ClH/c1-20-11-6-9-18(10-12-21-2)16(19)13-15(17)14-7-4-3-5-8-14;/h3-5,7-8,15H,6,9-13,17H2,1-2H3;1H. The van der Waals surface area contributed by atoms with Gasteiger partial charge in [0.15, 0.2) is 0 Å². The summed E-state index contributed by atoms with van der Waals surface area (Å²) in [4.78, 5) is 14.2. The van der Waals surface area contributed by atoms with Crippen LogP contribution in [0.1, 0.15) is 24.4 Å². The van der Waals surface area contributed by atoms with Crippen molar-refractivity contribution in [2.24, 2.45) is 5.73 Å². The fraction of sp³-hybridized carbons (Fsp3) is 0.562. The number of hydrogen-bond donors (Lipinski definition) is 1. The lowest BCUT2D eigenvalue weighted by Crippen LogP contribution is -2.36. The topological polar surface area (TPSA) is 64.8 Å². The van der Waals surface area contributed by atoms with E-state index in [1.165, 1.54) is 0 Å². The highest BCUT2D eigenvalue weighted by molar-refractivity contribution is 5.85. The van der Waals surface area contributed by atoms with Gasteiger partial charge in [-0.15, -0.1) is 12.4 Å². The van der Waals surface area contributed by atoms with Crippen LogP contribution < -0.4 is 5.73 Å². The second-order valence-electron chi connectivity index (χ2n) is 4.94. The van der Waals surface area contributed by atoms with E-state index in [0.717, 1.165) is 12.0 Å². The van der Waals surface area contributed by atoms with E-state index in [0.29, 0.717) is 32.7 Å². The number of amides is 1. The molecule has 0 fully saturated rings. The summed E-state index contributed by atoms with van der Waals surface area (Å²) in [5.74, 6) is 0.0551. The first kappa shape index (κ1) is 20.9. The molecule has 6 heteroatoms. The second kappa shape index (κ2) is 12.4. The third kappa shape index (κ3) is 7.75. The van der Waals surface area contributed by atoms with Gasteiger partial charge >= 0.3 is 0 Å². The molecule has 0 spiro atoms. The Morgan fingerprint density at radius 2 is 1.77 bits per heavy atom. The zero-order valence-electron chi connectivity index (χ0n) is 13.4. The van der Waals surface area contributed by atoms with Gasteiger partial charge in [-0.1, -0.05) is 30.3 Å². The molecule has 126 valence electrons. The van der Waals surface area contributed by atoms with Gasteiger partial charge in [-0.05, 0) is 12.0 Å². The van der Waals surface area contributed by atoms with Gasteiger partial charge in [-0.2, -0.15) is 0 Å². The van der Waals surface area contributed by atoms with E-state index in [1.54, 1.807) is 19.1 Å². The lowest BCUT2D eigenvalue weighted by atomic mass is 10.0. The van der Waals surface area contributed by atoms with Crippen LogP contribution in [-0.2, 0) is 14.3 Å². The Hall–Kier alpha value is -1.14. The molecule has 2 N–H and O–H groups in total. The third-order valence-corrected chi connectivity index (χ3v) is 3.32. The third-order valence-electron chi connectivity index (χ3n) is 3.32. The predicted molar refractivity (Wildman–Crippen MR) is 90.2 cm³/mol. The van der Waals surface area contributed by atoms with E-state index in [9.17, 15) is 4.79 Å². The molecule has 0 aliphatic rings. The fourth-order valence-electron chi connectivity index (χ4n) is 2.10. The highest BCUT2D eigenvalue weighted by Crippen LogP contribution is 2.14. The summed E-state index contributed by atoms with van der Waals surface area (Å²) in [5, 5.41) is 0. The first-order chi connectivity index (χ1) is 10.2. The number of rotatable bonds is 10. The van der Waals surface area contributed by atoms with Crippen LogP contribution in [0.25, 0.3) is 0 Å². The Labute approximate surface area is 139 Å². The normalized spacial score (nSPS) is 11.6. The van der Waals surface area contributed by atoms with E-state index >= 15 is 0 Å². The maximum atomic E-state index is 12.4. The molecule has 1 aromatic rings. The summed E-state index contributed by atoms with van der Waals surface area (Å²) in [6, 6.07) is 9.42. The molecule has 22 heavy (non-hydrogen) atoms. The van der Waals surface area contributed by atoms with Gasteiger partial charge in [0.2, 0.25) is 5.91 Å². The van der Waals surface area contributed by atoms with Crippen LogP contribution >= 0.6 is 12.4 Å². The molecule has 1 rings (SSSR count). The van der Waals surface area contributed by atoms with Crippen molar-refractivity contribution in [3.8, 4) is 0 Å². The highest BCUT2D eigenvalue weighted by Gasteiger charge is 2.17. The summed E-state index contributed by atoms with van der Waals surface area (Å²) < 4.78 is 10.1. The number of carbonyl (C=O) groups excluding carboxylic acids is 1. The summed E-state index contributed by atoms with van der Waals surface area (Å²) in [7, 11) is 3.29. The number of ether oxygens (including phenoxy) is 2. The first-order valence-corrected chi connectivity index (χ1v) is 7.25. The molecule has 5 nitrogen and oxygen atoms in total. The number of hydrogen-bond acceptors (Lipinski definition) is 4. The number of nitrogens with two attached hydrogens (primary N) is 1. The van der Waals surface area contributed by atoms with Gasteiger partial charge in [0.1, 0.15) is 0 Å². The molecule has 0 saturated heterocycles. The Morgan fingerprint density at radius 3 is 2.36 bits per heavy atom. The summed E-state index contributed by atoms with van der Waals surface area (Å²) in [5.41, 5.74) is 7.09. The van der Waals surface area contributed by atoms with Gasteiger partial charge in [0, 0.05) is 46.4 Å². The maximum Gasteiger partial charge on any atom is 0.224 e. The van der Waals surface area contributed by atoms with E-state index in [4.69, 9.17) is 15.2 Å². The van der Waals surface area contributed by atoms with Gasteiger partial charge in [0.25, 0.3) is 0 Å². The molecule has 0 saturated carbocycles. The Bertz CT molecular complexity index is 404. The van der Waals surface area contributed by atoms with Gasteiger partial charge in [0.05, 0.1) is 6.61 Å². The Kier molecular flexibility index (Phi) is 11.8. The molecular formula is C16H27ClN2O3. The van der Waals surface area contributed by atoms with Crippen LogP contribution in [0.3, 0.4) is 0 Å². The second-order valence-corrected chi connectivity index (χ2v) is 4.94. The average Bonchev–Trinajstić information content (AvgIpc) is 2.51. The Balaban J connectivity index is 0.00000441. The molecule has 0 aliphatic carbocycles. The number of nitrogens with zero attached hydrogens (tertiary/aromatic N) is 1. The van der Waals surface area contributed by atoms with E-state index in [2.05, 4.69) is 0 Å². The van der Waals surface area contributed by atoms with Crippen LogP contribution in [-0.4, -0.2) is 51.3 Å². The van der Waals surface area contributed by atoms with Gasteiger partial charge in [-0.25, -0.2) is 0 Å². The SMILES string of the molecule is COCCCN(CCOC)C(=O)CC(N)c1ccccc1.Cl. The van der Waals surface area contributed by atoms with Gasteiger partial charge in [-0.3, -0.25) is 4.79 Å². The van der Waals surface area contributed by atoms with E-state index in [1.807, 2.05) is 30.3 Å². The minimum atomic E-state index is -0.272. The largest absolute Gasteiger partial charge is 0.385 e. The first-order valence-electron chi connectivity index (χ1n) is 7.25. The minimum Gasteiger partial charge on any atom is -0.385 e. The molecule has 0 radical (unpaired) electrons. The quantitative estimate of drug-likeness (QED) is 0.666. The lowest BCUT2D eigenvalue weighted by Gasteiger charge is -2.24. The zero-order valence-corrected chi connectivity index (χ0v) is 14.2. The highest BCUT2D eigenvalue weighted by atomic mass is 35.5. The zero-order chi connectivity index (χ0) is 15.5. The van der Waals surface area contributed by atoms with Crippen LogP contribution in [0.15, 0.2) is 30.3 Å². The number of carbonyl (C=O) groups is 1. The molecule has 0 aromatic heterocycles. The molecule has 0 aliphatic heterocycles. The van der Waals surface area contributed by atoms with Crippen LogP contribution in [0.4, 0.5) is 0 Å². The molecular weight excluding hydrogens is 304 g/mol. The summed E-state index contributed by atoms with van der Waals surface area (Å²) in [6.45, 7) is 2.42.